The Morgan fingerprint density at radius 3 is 2.60 bits per heavy atom. The third-order valence-corrected chi connectivity index (χ3v) is 2.27. The van der Waals surface area contributed by atoms with Gasteiger partial charge >= 0.3 is 6.18 Å². The molecule has 0 aliphatic heterocycles. The van der Waals surface area contributed by atoms with Gasteiger partial charge in [0.15, 0.2) is 0 Å². The van der Waals surface area contributed by atoms with Gasteiger partial charge in [-0.05, 0) is 24.4 Å². The zero-order valence-electron chi connectivity index (χ0n) is 9.96. The van der Waals surface area contributed by atoms with E-state index >= 15 is 0 Å². The molecule has 0 spiro atoms. The standard InChI is InChI=1S/C11H11F3N2O4/c12-11(13,14)7-1-2-9(10(5-7)16(19)20)15-4-3-8(18)6-17/h1-5,8,15,17-18H,6H2/b4-3+. The maximum atomic E-state index is 12.4. The van der Waals surface area contributed by atoms with Gasteiger partial charge in [-0.25, -0.2) is 0 Å². The van der Waals surface area contributed by atoms with Crippen LogP contribution in [0, 0.1) is 10.1 Å². The third kappa shape index (κ3) is 4.21. The van der Waals surface area contributed by atoms with Crippen molar-refractivity contribution < 1.29 is 28.3 Å². The highest BCUT2D eigenvalue weighted by molar-refractivity contribution is 5.64. The van der Waals surface area contributed by atoms with Crippen molar-refractivity contribution >= 4 is 11.4 Å². The Morgan fingerprint density at radius 2 is 2.10 bits per heavy atom. The van der Waals surface area contributed by atoms with Crippen molar-refractivity contribution in [1.29, 1.82) is 0 Å². The molecule has 1 rings (SSSR count). The molecule has 0 fully saturated rings. The number of nitrogens with one attached hydrogen (secondary N) is 1. The van der Waals surface area contributed by atoms with Crippen LogP contribution in [0.2, 0.25) is 0 Å². The van der Waals surface area contributed by atoms with E-state index in [4.69, 9.17) is 10.2 Å². The molecule has 3 N–H and O–H groups in total. The Bertz CT molecular complexity index is 517. The summed E-state index contributed by atoms with van der Waals surface area (Å²) in [5, 5.41) is 30.7. The lowest BCUT2D eigenvalue weighted by Crippen LogP contribution is -2.09. The summed E-state index contributed by atoms with van der Waals surface area (Å²) in [6.07, 6.45) is -3.65. The Hall–Kier alpha value is -2.13. The maximum absolute atomic E-state index is 12.4. The molecule has 0 amide bonds. The number of halogens is 3. The van der Waals surface area contributed by atoms with Crippen molar-refractivity contribution in [2.24, 2.45) is 0 Å². The molecule has 0 saturated heterocycles. The number of alkyl halides is 3. The van der Waals surface area contributed by atoms with Gasteiger partial charge in [0.1, 0.15) is 5.69 Å². The highest BCUT2D eigenvalue weighted by Gasteiger charge is 2.32. The van der Waals surface area contributed by atoms with Crippen LogP contribution in [0.15, 0.2) is 30.5 Å². The Balaban J connectivity index is 3.03. The molecule has 0 bridgehead atoms. The van der Waals surface area contributed by atoms with E-state index in [-0.39, 0.29) is 5.69 Å². The molecule has 20 heavy (non-hydrogen) atoms. The van der Waals surface area contributed by atoms with Gasteiger partial charge in [-0.3, -0.25) is 10.1 Å². The number of aliphatic hydroxyl groups is 2. The van der Waals surface area contributed by atoms with Crippen LogP contribution in [-0.2, 0) is 6.18 Å². The van der Waals surface area contributed by atoms with Gasteiger partial charge in [0.25, 0.3) is 5.69 Å². The number of aliphatic hydroxyl groups excluding tert-OH is 2. The van der Waals surface area contributed by atoms with Crippen LogP contribution in [0.3, 0.4) is 0 Å². The summed E-state index contributed by atoms with van der Waals surface area (Å²) in [7, 11) is 0. The molecule has 0 aliphatic rings. The molecule has 0 aromatic heterocycles. The van der Waals surface area contributed by atoms with Crippen molar-refractivity contribution in [1.82, 2.24) is 0 Å². The monoisotopic (exact) mass is 292 g/mol. The average Bonchev–Trinajstić information content (AvgIpc) is 2.37. The van der Waals surface area contributed by atoms with Crippen molar-refractivity contribution in [3.8, 4) is 0 Å². The molecule has 1 unspecified atom stereocenters. The zero-order chi connectivity index (χ0) is 15.3. The first-order valence-corrected chi connectivity index (χ1v) is 5.33. The molecule has 110 valence electrons. The minimum absolute atomic E-state index is 0.163. The lowest BCUT2D eigenvalue weighted by atomic mass is 10.1. The first-order chi connectivity index (χ1) is 9.25. The van der Waals surface area contributed by atoms with E-state index in [1.165, 1.54) is 0 Å². The highest BCUT2D eigenvalue weighted by Crippen LogP contribution is 2.34. The van der Waals surface area contributed by atoms with E-state index in [0.717, 1.165) is 18.3 Å². The first-order valence-electron chi connectivity index (χ1n) is 5.33. The number of rotatable bonds is 5. The minimum atomic E-state index is -4.67. The second kappa shape index (κ2) is 6.35. The third-order valence-electron chi connectivity index (χ3n) is 2.27. The van der Waals surface area contributed by atoms with Crippen LogP contribution >= 0.6 is 0 Å². The fourth-order valence-electron chi connectivity index (χ4n) is 1.29. The van der Waals surface area contributed by atoms with E-state index < -0.39 is 35.1 Å². The van der Waals surface area contributed by atoms with E-state index in [9.17, 15) is 23.3 Å². The Labute approximate surface area is 111 Å². The van der Waals surface area contributed by atoms with Gasteiger partial charge in [-0.1, -0.05) is 0 Å². The number of nitro groups is 1. The lowest BCUT2D eigenvalue weighted by Gasteiger charge is -2.08. The maximum Gasteiger partial charge on any atom is 0.416 e. The number of hydrogen-bond donors (Lipinski definition) is 3. The van der Waals surface area contributed by atoms with Crippen LogP contribution in [0.1, 0.15) is 5.56 Å². The number of hydrogen-bond acceptors (Lipinski definition) is 5. The van der Waals surface area contributed by atoms with Gasteiger partial charge in [0.05, 0.1) is 23.2 Å². The normalized spacial score (nSPS) is 13.4. The smallest absolute Gasteiger partial charge is 0.393 e. The summed E-state index contributed by atoms with van der Waals surface area (Å²) in [4.78, 5) is 9.79. The summed E-state index contributed by atoms with van der Waals surface area (Å²) in [5.74, 6) is 0. The van der Waals surface area contributed by atoms with Gasteiger partial charge in [0, 0.05) is 6.07 Å². The molecule has 0 saturated carbocycles. The summed E-state index contributed by atoms with van der Waals surface area (Å²) in [6.45, 7) is -0.548. The second-order valence-corrected chi connectivity index (χ2v) is 3.74. The number of anilines is 1. The summed E-state index contributed by atoms with van der Waals surface area (Å²) in [5.41, 5.74) is -2.04. The van der Waals surface area contributed by atoms with E-state index in [1.54, 1.807) is 0 Å². The molecule has 1 aromatic carbocycles. The molecule has 1 atom stereocenters. The Morgan fingerprint density at radius 1 is 1.45 bits per heavy atom. The number of nitro benzene ring substituents is 1. The fourth-order valence-corrected chi connectivity index (χ4v) is 1.29. The van der Waals surface area contributed by atoms with Gasteiger partial charge in [-0.15, -0.1) is 0 Å². The molecule has 0 heterocycles. The van der Waals surface area contributed by atoms with Crippen LogP contribution in [0.25, 0.3) is 0 Å². The van der Waals surface area contributed by atoms with Gasteiger partial charge < -0.3 is 15.5 Å². The van der Waals surface area contributed by atoms with Crippen molar-refractivity contribution in [3.63, 3.8) is 0 Å². The van der Waals surface area contributed by atoms with E-state index in [0.29, 0.717) is 12.1 Å². The first kappa shape index (κ1) is 15.9. The Kier molecular flexibility index (Phi) is 5.06. The largest absolute Gasteiger partial charge is 0.416 e. The molecule has 1 aromatic rings. The van der Waals surface area contributed by atoms with Gasteiger partial charge in [-0.2, -0.15) is 13.2 Å². The molecule has 0 radical (unpaired) electrons. The molecular weight excluding hydrogens is 281 g/mol. The second-order valence-electron chi connectivity index (χ2n) is 3.74. The molecule has 9 heteroatoms. The van der Waals surface area contributed by atoms with E-state index in [1.807, 2.05) is 0 Å². The highest BCUT2D eigenvalue weighted by atomic mass is 19.4. The van der Waals surface area contributed by atoms with Crippen LogP contribution < -0.4 is 5.32 Å². The predicted molar refractivity (Wildman–Crippen MR) is 64.0 cm³/mol. The van der Waals surface area contributed by atoms with Crippen molar-refractivity contribution in [3.05, 3.63) is 46.2 Å². The zero-order valence-corrected chi connectivity index (χ0v) is 9.96. The topological polar surface area (TPSA) is 95.6 Å². The number of benzene rings is 1. The summed E-state index contributed by atoms with van der Waals surface area (Å²) >= 11 is 0. The molecular formula is C11H11F3N2O4. The molecule has 6 nitrogen and oxygen atoms in total. The van der Waals surface area contributed by atoms with E-state index in [2.05, 4.69) is 5.32 Å². The number of nitrogens with zero attached hydrogens (tertiary/aromatic N) is 1. The minimum Gasteiger partial charge on any atom is -0.393 e. The fraction of sp³-hybridized carbons (Fsp3) is 0.273. The predicted octanol–water partition coefficient (Wildman–Crippen LogP) is 1.89. The molecule has 0 aliphatic carbocycles. The lowest BCUT2D eigenvalue weighted by molar-refractivity contribution is -0.384. The average molecular weight is 292 g/mol. The van der Waals surface area contributed by atoms with Crippen LogP contribution in [0.4, 0.5) is 24.5 Å². The summed E-state index contributed by atoms with van der Waals surface area (Å²) in [6, 6.07) is 2.03. The quantitative estimate of drug-likeness (QED) is 0.569. The SMILES string of the molecule is O=[N+]([O-])c1cc(C(F)(F)F)ccc1N/C=C/C(O)CO. The van der Waals surface area contributed by atoms with Gasteiger partial charge in [0.2, 0.25) is 0 Å². The summed E-state index contributed by atoms with van der Waals surface area (Å²) < 4.78 is 37.3. The van der Waals surface area contributed by atoms with Crippen LogP contribution in [0.5, 0.6) is 0 Å². The van der Waals surface area contributed by atoms with Crippen molar-refractivity contribution in [2.75, 3.05) is 11.9 Å². The van der Waals surface area contributed by atoms with Crippen molar-refractivity contribution in [2.45, 2.75) is 12.3 Å². The van der Waals surface area contributed by atoms with Crippen LogP contribution in [-0.4, -0.2) is 27.8 Å².